The van der Waals surface area contributed by atoms with Gasteiger partial charge in [0.1, 0.15) is 12.1 Å². The average molecular weight is 685 g/mol. The summed E-state index contributed by atoms with van der Waals surface area (Å²) >= 11 is 0. The number of Topliss-reactive ketones (excluding diaryl/α,β-unsaturated/α-hetero) is 1. The number of carbonyl (C=O) groups is 7. The molecule has 272 valence electrons. The summed E-state index contributed by atoms with van der Waals surface area (Å²) in [6.45, 7) is 10.3. The fourth-order valence-corrected chi connectivity index (χ4v) is 8.63. The van der Waals surface area contributed by atoms with Gasteiger partial charge in [-0.15, -0.1) is 0 Å². The maximum Gasteiger partial charge on any atom is 0.315 e. The average Bonchev–Trinajstić information content (AvgIpc) is 3.32. The van der Waals surface area contributed by atoms with Crippen molar-refractivity contribution in [3.8, 4) is 0 Å². The number of piperidine rings is 2. The lowest BCUT2D eigenvalue weighted by molar-refractivity contribution is -0.148. The Bertz CT molecular complexity index is 1330. The van der Waals surface area contributed by atoms with Crippen molar-refractivity contribution in [1.29, 1.82) is 0 Å². The van der Waals surface area contributed by atoms with Gasteiger partial charge in [0.25, 0.3) is 5.91 Å². The number of fused-ring (bicyclic) bond motifs is 1. The highest BCUT2D eigenvalue weighted by atomic mass is 16.2. The van der Waals surface area contributed by atoms with Gasteiger partial charge < -0.3 is 26.6 Å². The lowest BCUT2D eigenvalue weighted by Gasteiger charge is -2.39. The van der Waals surface area contributed by atoms with Crippen molar-refractivity contribution < 1.29 is 33.6 Å². The number of ketones is 1. The molecule has 0 aromatic carbocycles. The molecule has 2 heterocycles. The Morgan fingerprint density at radius 1 is 0.878 bits per heavy atom. The smallest absolute Gasteiger partial charge is 0.315 e. The van der Waals surface area contributed by atoms with E-state index in [0.717, 1.165) is 51.4 Å². The third kappa shape index (κ3) is 7.95. The Morgan fingerprint density at radius 2 is 1.51 bits per heavy atom. The second kappa shape index (κ2) is 14.4. The molecule has 0 radical (unpaired) electrons. The van der Waals surface area contributed by atoms with Gasteiger partial charge in [-0.1, -0.05) is 73.1 Å². The second-order valence-corrected chi connectivity index (χ2v) is 16.9. The fourth-order valence-electron chi connectivity index (χ4n) is 8.63. The number of carbonyl (C=O) groups excluding carboxylic acids is 7. The molecule has 3 aliphatic carbocycles. The predicted octanol–water partition coefficient (Wildman–Crippen LogP) is 2.40. The summed E-state index contributed by atoms with van der Waals surface area (Å²) in [5.74, 6) is -3.21. The first-order valence-corrected chi connectivity index (χ1v) is 18.4. The number of hydrogen-bond acceptors (Lipinski definition) is 7. The zero-order valence-electron chi connectivity index (χ0n) is 29.8. The molecule has 2 saturated heterocycles. The largest absolute Gasteiger partial charge is 0.363 e. The predicted molar refractivity (Wildman–Crippen MR) is 180 cm³/mol. The normalized spacial score (nSPS) is 27.3. The van der Waals surface area contributed by atoms with Gasteiger partial charge >= 0.3 is 6.03 Å². The highest BCUT2D eigenvalue weighted by Gasteiger charge is 2.69. The number of likely N-dealkylation sites (tertiary alicyclic amines) is 2. The number of primary amides is 1. The van der Waals surface area contributed by atoms with Crippen molar-refractivity contribution >= 4 is 41.4 Å². The topological polar surface area (TPSA) is 188 Å². The zero-order chi connectivity index (χ0) is 35.8. The number of amides is 7. The molecule has 5 aliphatic rings. The highest BCUT2D eigenvalue weighted by molar-refractivity contribution is 6.37. The van der Waals surface area contributed by atoms with Crippen LogP contribution in [0.15, 0.2) is 0 Å². The first-order chi connectivity index (χ1) is 23.0. The van der Waals surface area contributed by atoms with Gasteiger partial charge in [-0.3, -0.25) is 33.7 Å². The van der Waals surface area contributed by atoms with Crippen LogP contribution in [0.1, 0.15) is 112 Å². The third-order valence-electron chi connectivity index (χ3n) is 12.2. The van der Waals surface area contributed by atoms with E-state index in [0.29, 0.717) is 19.4 Å². The fraction of sp³-hybridized carbons (Fsp3) is 0.806. The van der Waals surface area contributed by atoms with Crippen molar-refractivity contribution in [2.75, 3.05) is 13.1 Å². The summed E-state index contributed by atoms with van der Waals surface area (Å²) in [5, 5.41) is 8.77. The number of hydrogen-bond donors (Lipinski definition) is 4. The molecule has 7 amide bonds. The van der Waals surface area contributed by atoms with Crippen LogP contribution < -0.4 is 21.7 Å². The molecule has 0 bridgehead atoms. The Kier molecular flexibility index (Phi) is 10.8. The Balaban J connectivity index is 1.35. The first-order valence-electron chi connectivity index (χ1n) is 18.4. The molecule has 1 unspecified atom stereocenters. The summed E-state index contributed by atoms with van der Waals surface area (Å²) in [6.07, 6.45) is 8.66. The van der Waals surface area contributed by atoms with Crippen molar-refractivity contribution in [2.24, 2.45) is 40.2 Å². The van der Waals surface area contributed by atoms with E-state index in [1.54, 1.807) is 4.90 Å². The minimum absolute atomic E-state index is 0.0372. The summed E-state index contributed by atoms with van der Waals surface area (Å²) < 4.78 is 0. The van der Waals surface area contributed by atoms with E-state index in [1.807, 2.05) is 20.8 Å². The molecule has 2 aliphatic heterocycles. The minimum Gasteiger partial charge on any atom is -0.363 e. The molecule has 5 rings (SSSR count). The van der Waals surface area contributed by atoms with Crippen molar-refractivity contribution in [3.63, 3.8) is 0 Å². The van der Waals surface area contributed by atoms with Crippen molar-refractivity contribution in [2.45, 2.75) is 136 Å². The van der Waals surface area contributed by atoms with Crippen LogP contribution in [0, 0.1) is 34.5 Å². The lowest BCUT2D eigenvalue weighted by atomic mass is 9.80. The third-order valence-corrected chi connectivity index (χ3v) is 12.2. The van der Waals surface area contributed by atoms with E-state index >= 15 is 0 Å². The van der Waals surface area contributed by atoms with Crippen LogP contribution >= 0.6 is 0 Å². The number of rotatable bonds is 12. The van der Waals surface area contributed by atoms with E-state index in [1.165, 1.54) is 4.90 Å². The SMILES string of the molecule is CC(C)(C)[C@@H](CN1C(=O)CCCC1=O)NC(=O)N[C@H](C(=O)N1C[C@H]2[C@@H]([C@H]1C(=O)NC(CC1CCC1)C(=O)C(N)=O)C2(C)C)C1CCCCC1. The standard InChI is InChI=1S/C36H56N6O7/c1-35(2,3)24(19-41-25(43)15-10-16-26(41)44)39-34(49)40-28(21-13-7-6-8-14-21)33(48)42-18-22-27(36(22,4)5)29(42)32(47)38-23(30(45)31(37)46)17-20-11-9-12-20/h20-24,27-29H,6-19H2,1-5H3,(H2,37,46)(H,38,47)(H2,39,40,49)/t22-,23?,24+,27-,28-,29-/m0/s1. The molecule has 5 N–H and O–H groups in total. The quantitative estimate of drug-likeness (QED) is 0.179. The number of nitrogens with zero attached hydrogens (tertiary/aromatic N) is 2. The maximum atomic E-state index is 14.6. The summed E-state index contributed by atoms with van der Waals surface area (Å²) in [7, 11) is 0. The zero-order valence-corrected chi connectivity index (χ0v) is 29.8. The van der Waals surface area contributed by atoms with Crippen LogP contribution in [-0.4, -0.2) is 88.4 Å². The number of nitrogens with one attached hydrogen (secondary N) is 3. The molecule has 49 heavy (non-hydrogen) atoms. The first kappa shape index (κ1) is 36.8. The van der Waals surface area contributed by atoms with Crippen molar-refractivity contribution in [3.05, 3.63) is 0 Å². The number of nitrogens with two attached hydrogens (primary N) is 1. The molecule has 0 spiro atoms. The molecule has 0 aromatic heterocycles. The monoisotopic (exact) mass is 684 g/mol. The van der Waals surface area contributed by atoms with Gasteiger partial charge in [0.2, 0.25) is 29.4 Å². The van der Waals surface area contributed by atoms with Crippen molar-refractivity contribution in [1.82, 2.24) is 25.8 Å². The molecular weight excluding hydrogens is 628 g/mol. The van der Waals surface area contributed by atoms with Gasteiger partial charge in [0, 0.05) is 25.9 Å². The Hall–Kier alpha value is -3.51. The summed E-state index contributed by atoms with van der Waals surface area (Å²) in [5.41, 5.74) is 4.66. The Labute approximate surface area is 289 Å². The van der Waals surface area contributed by atoms with E-state index < -0.39 is 53.2 Å². The van der Waals surface area contributed by atoms with Gasteiger partial charge in [-0.05, 0) is 60.2 Å². The second-order valence-electron chi connectivity index (χ2n) is 16.9. The molecule has 5 fully saturated rings. The van der Waals surface area contributed by atoms with Crippen LogP contribution in [0.5, 0.6) is 0 Å². The number of imide groups is 1. The van der Waals surface area contributed by atoms with Gasteiger partial charge in [-0.2, -0.15) is 0 Å². The maximum absolute atomic E-state index is 14.6. The molecular formula is C36H56N6O7. The molecule has 0 aromatic rings. The van der Waals surface area contributed by atoms with Gasteiger partial charge in [0.05, 0.1) is 12.1 Å². The van der Waals surface area contributed by atoms with Crippen LogP contribution in [0.3, 0.4) is 0 Å². The molecule has 3 saturated carbocycles. The molecule has 13 heteroatoms. The van der Waals surface area contributed by atoms with Gasteiger partial charge in [0.15, 0.2) is 0 Å². The highest BCUT2D eigenvalue weighted by Crippen LogP contribution is 2.65. The summed E-state index contributed by atoms with van der Waals surface area (Å²) in [4.78, 5) is 95.1. The Morgan fingerprint density at radius 3 is 2.06 bits per heavy atom. The summed E-state index contributed by atoms with van der Waals surface area (Å²) in [6, 6.07) is -3.94. The van der Waals surface area contributed by atoms with E-state index in [-0.39, 0.29) is 66.2 Å². The van der Waals surface area contributed by atoms with Crippen LogP contribution in [0.4, 0.5) is 4.79 Å². The van der Waals surface area contributed by atoms with E-state index in [9.17, 15) is 33.6 Å². The molecule has 6 atom stereocenters. The van der Waals surface area contributed by atoms with Crippen LogP contribution in [0.2, 0.25) is 0 Å². The van der Waals surface area contributed by atoms with Gasteiger partial charge in [-0.25, -0.2) is 4.79 Å². The van der Waals surface area contributed by atoms with Crippen LogP contribution in [-0.2, 0) is 28.8 Å². The van der Waals surface area contributed by atoms with E-state index in [4.69, 9.17) is 5.73 Å². The number of urea groups is 1. The van der Waals surface area contributed by atoms with E-state index in [2.05, 4.69) is 29.8 Å². The lowest BCUT2D eigenvalue weighted by Crippen LogP contribution is -2.62. The van der Waals surface area contributed by atoms with Crippen LogP contribution in [0.25, 0.3) is 0 Å². The molecule has 13 nitrogen and oxygen atoms in total. The minimum atomic E-state index is -1.09.